The molecular formula is C33H18O14. The van der Waals surface area contributed by atoms with E-state index in [0.717, 1.165) is 0 Å². The summed E-state index contributed by atoms with van der Waals surface area (Å²) in [5, 5.41) is 1.21. The van der Waals surface area contributed by atoms with E-state index in [-0.39, 0.29) is 118 Å². The van der Waals surface area contributed by atoms with Crippen LogP contribution in [0.4, 0.5) is 0 Å². The average Bonchev–Trinajstić information content (AvgIpc) is 3.55. The Morgan fingerprint density at radius 2 is 0.915 bits per heavy atom. The van der Waals surface area contributed by atoms with Gasteiger partial charge in [-0.1, -0.05) is 0 Å². The third-order valence-electron chi connectivity index (χ3n) is 8.57. The van der Waals surface area contributed by atoms with Crippen molar-refractivity contribution in [2.45, 2.75) is 0 Å². The molecule has 0 unspecified atom stereocenters. The molecule has 0 atom stereocenters. The topological polar surface area (TPSA) is 176 Å². The first kappa shape index (κ1) is 26.9. The largest absolute Gasteiger partial charge is 0.493 e. The summed E-state index contributed by atoms with van der Waals surface area (Å²) in [5.74, 6) is 0.700. The van der Waals surface area contributed by atoms with Gasteiger partial charge in [0.1, 0.15) is 0 Å². The minimum atomic E-state index is -0.799. The second-order valence-electron chi connectivity index (χ2n) is 10.7. The van der Waals surface area contributed by atoms with Gasteiger partial charge >= 0.3 is 22.5 Å². The van der Waals surface area contributed by atoms with Crippen molar-refractivity contribution in [1.29, 1.82) is 0 Å². The molecule has 0 bridgehead atoms. The normalized spacial score (nSPS) is 12.9. The molecule has 5 heterocycles. The summed E-state index contributed by atoms with van der Waals surface area (Å²) in [6.07, 6.45) is 0. The highest BCUT2D eigenvalue weighted by molar-refractivity contribution is 6.25. The van der Waals surface area contributed by atoms with Gasteiger partial charge in [-0.2, -0.15) is 0 Å². The number of rotatable bonds is 5. The molecule has 0 aliphatic carbocycles. The fraction of sp³-hybridized carbons (Fsp3) is 0.152. The van der Waals surface area contributed by atoms with Gasteiger partial charge in [-0.25, -0.2) is 19.2 Å². The summed E-state index contributed by atoms with van der Waals surface area (Å²) < 4.78 is 56.5. The molecule has 0 saturated carbocycles. The molecule has 0 radical (unpaired) electrons. The van der Waals surface area contributed by atoms with Crippen molar-refractivity contribution in [1.82, 2.24) is 0 Å². The highest BCUT2D eigenvalue weighted by Crippen LogP contribution is 2.51. The molecule has 9 rings (SSSR count). The Morgan fingerprint density at radius 1 is 0.489 bits per heavy atom. The Bertz CT molecular complexity index is 2910. The molecule has 0 fully saturated rings. The van der Waals surface area contributed by atoms with Gasteiger partial charge in [-0.05, 0) is 24.3 Å². The van der Waals surface area contributed by atoms with Crippen molar-refractivity contribution in [3.8, 4) is 45.6 Å². The van der Waals surface area contributed by atoms with E-state index < -0.39 is 22.5 Å². The minimum Gasteiger partial charge on any atom is -0.493 e. The second-order valence-corrected chi connectivity index (χ2v) is 10.7. The molecule has 0 N–H and O–H groups in total. The number of hydrogen-bond acceptors (Lipinski definition) is 14. The first-order chi connectivity index (χ1) is 22.8. The second kappa shape index (κ2) is 9.06. The molecule has 0 amide bonds. The third-order valence-corrected chi connectivity index (χ3v) is 8.57. The lowest BCUT2D eigenvalue weighted by Gasteiger charge is -2.19. The maximum Gasteiger partial charge on any atom is 0.344 e. The Kier molecular flexibility index (Phi) is 5.19. The zero-order valence-electron chi connectivity index (χ0n) is 24.7. The summed E-state index contributed by atoms with van der Waals surface area (Å²) in [6, 6.07) is 5.81. The number of benzene rings is 4. The molecule has 1 aliphatic heterocycles. The molecule has 4 aromatic carbocycles. The standard InChI is InChI=1S/C33H18O14/c1-38-16-7-14-20-18-12(30(34)46-28(20)24(16)41-4)5-10(22(39-2)26(18)44-32(14)36)11-6-13-19-21-15(33(37)45-27(19)23(11)40-3)8-17-25(43-9-42-17)29(21)47-31(13)35/h5-8H,9H2,1-4H3. The lowest BCUT2D eigenvalue weighted by Crippen LogP contribution is -2.10. The Labute approximate surface area is 258 Å². The highest BCUT2D eigenvalue weighted by atomic mass is 16.7. The zero-order chi connectivity index (χ0) is 32.5. The summed E-state index contributed by atoms with van der Waals surface area (Å²) in [7, 11) is 5.44. The van der Waals surface area contributed by atoms with Crippen LogP contribution >= 0.6 is 0 Å². The van der Waals surface area contributed by atoms with Crippen LogP contribution in [-0.4, -0.2) is 35.2 Å². The zero-order valence-corrected chi connectivity index (χ0v) is 24.7. The lowest BCUT2D eigenvalue weighted by atomic mass is 9.93. The molecule has 14 heteroatoms. The summed E-state index contributed by atoms with van der Waals surface area (Å²) in [4.78, 5) is 54.0. The van der Waals surface area contributed by atoms with Crippen molar-refractivity contribution < 1.29 is 46.1 Å². The van der Waals surface area contributed by atoms with Crippen molar-refractivity contribution in [2.75, 3.05) is 35.2 Å². The predicted molar refractivity (Wildman–Crippen MR) is 166 cm³/mol. The molecule has 14 nitrogen and oxygen atoms in total. The van der Waals surface area contributed by atoms with E-state index in [9.17, 15) is 19.2 Å². The molecule has 1 aliphatic rings. The van der Waals surface area contributed by atoms with E-state index in [2.05, 4.69) is 0 Å². The van der Waals surface area contributed by atoms with Crippen LogP contribution in [0.2, 0.25) is 0 Å². The SMILES string of the molecule is COc1cc2c(=O)oc3c(OC)c(-c4cc5c(=O)oc6c7c(cc8c(=O)oc(c4OC)c5c68)OCO7)cc4c(=O)oc(c1OC)c2c34. The maximum absolute atomic E-state index is 13.6. The maximum atomic E-state index is 13.6. The number of fused-ring (bicyclic) bond motifs is 2. The molecular weight excluding hydrogens is 620 g/mol. The van der Waals surface area contributed by atoms with Crippen LogP contribution in [0, 0.1) is 0 Å². The number of hydrogen-bond donors (Lipinski definition) is 0. The number of methoxy groups -OCH3 is 4. The van der Waals surface area contributed by atoms with Gasteiger partial charge in [-0.15, -0.1) is 0 Å². The van der Waals surface area contributed by atoms with Gasteiger partial charge in [0.2, 0.25) is 18.3 Å². The molecule has 47 heavy (non-hydrogen) atoms. The van der Waals surface area contributed by atoms with Crippen LogP contribution in [0.25, 0.3) is 76.5 Å². The first-order valence-electron chi connectivity index (χ1n) is 13.9. The number of ether oxygens (including phenoxy) is 6. The van der Waals surface area contributed by atoms with Crippen LogP contribution in [0.3, 0.4) is 0 Å². The monoisotopic (exact) mass is 638 g/mol. The van der Waals surface area contributed by atoms with Gasteiger partial charge in [-0.3, -0.25) is 0 Å². The van der Waals surface area contributed by atoms with Crippen molar-refractivity contribution in [3.63, 3.8) is 0 Å². The van der Waals surface area contributed by atoms with Crippen LogP contribution in [-0.2, 0) is 0 Å². The van der Waals surface area contributed by atoms with E-state index in [1.165, 1.54) is 52.7 Å². The van der Waals surface area contributed by atoms with Crippen LogP contribution < -0.4 is 50.9 Å². The predicted octanol–water partition coefficient (Wildman–Crippen LogP) is 4.72. The fourth-order valence-corrected chi connectivity index (χ4v) is 6.68. The molecule has 0 spiro atoms. The van der Waals surface area contributed by atoms with E-state index >= 15 is 0 Å². The van der Waals surface area contributed by atoms with Crippen molar-refractivity contribution >= 4 is 65.4 Å². The summed E-state index contributed by atoms with van der Waals surface area (Å²) in [5.41, 5.74) is -2.97. The van der Waals surface area contributed by atoms with Gasteiger partial charge in [0, 0.05) is 32.7 Å². The molecule has 234 valence electrons. The minimum absolute atomic E-state index is 0.0117. The van der Waals surface area contributed by atoms with Gasteiger partial charge in [0.05, 0.1) is 50.0 Å². The van der Waals surface area contributed by atoms with E-state index in [1.807, 2.05) is 0 Å². The van der Waals surface area contributed by atoms with Crippen molar-refractivity contribution in [3.05, 3.63) is 65.9 Å². The smallest absolute Gasteiger partial charge is 0.344 e. The highest BCUT2D eigenvalue weighted by Gasteiger charge is 2.32. The summed E-state index contributed by atoms with van der Waals surface area (Å²) in [6.45, 7) is -0.125. The molecule has 0 saturated heterocycles. The van der Waals surface area contributed by atoms with Gasteiger partial charge in [0.25, 0.3) is 0 Å². The van der Waals surface area contributed by atoms with E-state index in [0.29, 0.717) is 0 Å². The molecule has 4 aromatic heterocycles. The quantitative estimate of drug-likeness (QED) is 0.187. The van der Waals surface area contributed by atoms with Crippen LogP contribution in [0.5, 0.6) is 34.5 Å². The summed E-state index contributed by atoms with van der Waals surface area (Å²) >= 11 is 0. The Balaban J connectivity index is 1.46. The van der Waals surface area contributed by atoms with Gasteiger partial charge < -0.3 is 46.1 Å². The third kappa shape index (κ3) is 3.22. The van der Waals surface area contributed by atoms with Crippen LogP contribution in [0.1, 0.15) is 0 Å². The first-order valence-corrected chi connectivity index (χ1v) is 13.9. The van der Waals surface area contributed by atoms with Gasteiger partial charge in [0.15, 0.2) is 45.3 Å². The Morgan fingerprint density at radius 3 is 1.40 bits per heavy atom. The van der Waals surface area contributed by atoms with E-state index in [1.54, 1.807) is 0 Å². The fourth-order valence-electron chi connectivity index (χ4n) is 6.68. The lowest BCUT2D eigenvalue weighted by molar-refractivity contribution is 0.174. The van der Waals surface area contributed by atoms with Crippen molar-refractivity contribution in [2.24, 2.45) is 0 Å². The Hall–Kier alpha value is -6.44. The van der Waals surface area contributed by atoms with Crippen LogP contribution in [0.15, 0.2) is 61.1 Å². The average molecular weight is 638 g/mol. The molecule has 8 aromatic rings. The van der Waals surface area contributed by atoms with E-state index in [4.69, 9.17) is 46.1 Å².